The van der Waals surface area contributed by atoms with Crippen LogP contribution < -0.4 is 11.1 Å². The normalized spacial score (nSPS) is 24.8. The Balaban J connectivity index is 1.76. The lowest BCUT2D eigenvalue weighted by molar-refractivity contribution is -0.127. The summed E-state index contributed by atoms with van der Waals surface area (Å²) in [4.78, 5) is 12.4. The fourth-order valence-electron chi connectivity index (χ4n) is 3.44. The van der Waals surface area contributed by atoms with E-state index in [1.54, 1.807) is 0 Å². The van der Waals surface area contributed by atoms with E-state index in [0.717, 1.165) is 44.9 Å². The van der Waals surface area contributed by atoms with Gasteiger partial charge in [0.2, 0.25) is 5.91 Å². The van der Waals surface area contributed by atoms with E-state index in [4.69, 9.17) is 5.73 Å². The molecule has 2 aliphatic rings. The lowest BCUT2D eigenvalue weighted by atomic mass is 9.87. The van der Waals surface area contributed by atoms with Crippen LogP contribution in [0.3, 0.4) is 0 Å². The number of fused-ring (bicyclic) bond motifs is 1. The van der Waals surface area contributed by atoms with Crippen molar-refractivity contribution >= 4 is 5.91 Å². The van der Waals surface area contributed by atoms with Crippen LogP contribution in [0, 0.1) is 0 Å². The summed E-state index contributed by atoms with van der Waals surface area (Å²) in [6.45, 7) is 0. The number of nitrogens with one attached hydrogen (secondary N) is 1. The van der Waals surface area contributed by atoms with Crippen molar-refractivity contribution in [3.8, 4) is 0 Å². The second-order valence-electron chi connectivity index (χ2n) is 5.98. The molecule has 1 unspecified atom stereocenters. The zero-order chi connectivity index (χ0) is 13.3. The Morgan fingerprint density at radius 1 is 1.21 bits per heavy atom. The van der Waals surface area contributed by atoms with Crippen molar-refractivity contribution in [1.29, 1.82) is 0 Å². The highest BCUT2D eigenvalue weighted by Gasteiger charge is 2.38. The highest BCUT2D eigenvalue weighted by Crippen LogP contribution is 2.32. The van der Waals surface area contributed by atoms with Gasteiger partial charge in [-0.15, -0.1) is 0 Å². The van der Waals surface area contributed by atoms with Gasteiger partial charge < -0.3 is 11.1 Å². The minimum Gasteiger partial charge on any atom is -0.348 e. The summed E-state index contributed by atoms with van der Waals surface area (Å²) in [7, 11) is 0. The van der Waals surface area contributed by atoms with Crippen molar-refractivity contribution in [2.75, 3.05) is 0 Å². The molecular weight excluding hydrogens is 236 g/mol. The molecule has 1 amide bonds. The van der Waals surface area contributed by atoms with E-state index in [1.165, 1.54) is 11.1 Å². The van der Waals surface area contributed by atoms with Gasteiger partial charge in [0.25, 0.3) is 0 Å². The number of hydrogen-bond donors (Lipinski definition) is 2. The summed E-state index contributed by atoms with van der Waals surface area (Å²) >= 11 is 0. The topological polar surface area (TPSA) is 55.1 Å². The molecule has 0 heterocycles. The van der Waals surface area contributed by atoms with Crippen LogP contribution in [0.5, 0.6) is 0 Å². The molecule has 3 N–H and O–H groups in total. The second kappa shape index (κ2) is 4.97. The molecule has 0 aliphatic heterocycles. The summed E-state index contributed by atoms with van der Waals surface area (Å²) in [6.07, 6.45) is 7.09. The molecule has 0 bridgehead atoms. The van der Waals surface area contributed by atoms with Crippen molar-refractivity contribution in [3.05, 3.63) is 35.4 Å². The predicted octanol–water partition coefficient (Wildman–Crippen LogP) is 2.45. The largest absolute Gasteiger partial charge is 0.348 e. The summed E-state index contributed by atoms with van der Waals surface area (Å²) in [5, 5.41) is 3.19. The highest BCUT2D eigenvalue weighted by molar-refractivity contribution is 5.86. The van der Waals surface area contributed by atoms with E-state index in [9.17, 15) is 4.79 Å². The quantitative estimate of drug-likeness (QED) is 0.856. The fourth-order valence-corrected chi connectivity index (χ4v) is 3.44. The second-order valence-corrected chi connectivity index (χ2v) is 5.98. The number of hydrogen-bond acceptors (Lipinski definition) is 2. The minimum atomic E-state index is -0.619. The van der Waals surface area contributed by atoms with Crippen molar-refractivity contribution in [2.45, 2.75) is 56.5 Å². The first-order chi connectivity index (χ1) is 9.19. The maximum Gasteiger partial charge on any atom is 0.240 e. The maximum absolute atomic E-state index is 12.4. The van der Waals surface area contributed by atoms with Gasteiger partial charge in [0.15, 0.2) is 0 Å². The molecule has 3 rings (SSSR count). The lowest BCUT2D eigenvalue weighted by Crippen LogP contribution is -2.52. The van der Waals surface area contributed by atoms with E-state index in [0.29, 0.717) is 0 Å². The van der Waals surface area contributed by atoms with Crippen LogP contribution in [-0.4, -0.2) is 11.4 Å². The van der Waals surface area contributed by atoms with Gasteiger partial charge in [-0.25, -0.2) is 0 Å². The van der Waals surface area contributed by atoms with Crippen LogP contribution in [0.1, 0.15) is 55.7 Å². The highest BCUT2D eigenvalue weighted by atomic mass is 16.2. The third kappa shape index (κ3) is 2.39. The fraction of sp³-hybridized carbons (Fsp3) is 0.562. The number of rotatable bonds is 2. The number of benzene rings is 1. The minimum absolute atomic E-state index is 0.0479. The Morgan fingerprint density at radius 3 is 2.74 bits per heavy atom. The third-order valence-electron chi connectivity index (χ3n) is 4.62. The molecule has 0 saturated heterocycles. The Labute approximate surface area is 114 Å². The lowest BCUT2D eigenvalue weighted by Gasteiger charge is -2.30. The number of nitrogens with two attached hydrogens (primary N) is 1. The van der Waals surface area contributed by atoms with E-state index in [1.807, 2.05) is 0 Å². The average molecular weight is 258 g/mol. The Bertz CT molecular complexity index is 477. The number of carbonyl (C=O) groups is 1. The van der Waals surface area contributed by atoms with E-state index < -0.39 is 5.54 Å². The maximum atomic E-state index is 12.4. The molecule has 1 atom stereocenters. The van der Waals surface area contributed by atoms with Crippen LogP contribution in [-0.2, 0) is 11.2 Å². The average Bonchev–Trinajstić information content (AvgIpc) is 2.87. The molecule has 1 saturated carbocycles. The molecule has 3 heteroatoms. The van der Waals surface area contributed by atoms with E-state index in [2.05, 4.69) is 29.6 Å². The summed E-state index contributed by atoms with van der Waals surface area (Å²) in [5.74, 6) is 0.0479. The van der Waals surface area contributed by atoms with Gasteiger partial charge in [-0.2, -0.15) is 0 Å². The van der Waals surface area contributed by atoms with Crippen LogP contribution in [0.15, 0.2) is 24.3 Å². The first-order valence-corrected chi connectivity index (χ1v) is 7.37. The molecule has 102 valence electrons. The van der Waals surface area contributed by atoms with Crippen LogP contribution in [0.4, 0.5) is 0 Å². The van der Waals surface area contributed by atoms with Crippen LogP contribution in [0.2, 0.25) is 0 Å². The molecule has 0 radical (unpaired) electrons. The van der Waals surface area contributed by atoms with Crippen molar-refractivity contribution in [2.24, 2.45) is 5.73 Å². The smallest absolute Gasteiger partial charge is 0.240 e. The van der Waals surface area contributed by atoms with Crippen LogP contribution >= 0.6 is 0 Å². The molecule has 1 fully saturated rings. The van der Waals surface area contributed by atoms with Gasteiger partial charge in [-0.05, 0) is 43.2 Å². The predicted molar refractivity (Wildman–Crippen MR) is 75.7 cm³/mol. The van der Waals surface area contributed by atoms with Gasteiger partial charge >= 0.3 is 0 Å². The Morgan fingerprint density at radius 2 is 1.95 bits per heavy atom. The Kier molecular flexibility index (Phi) is 3.31. The zero-order valence-electron chi connectivity index (χ0n) is 11.3. The Hall–Kier alpha value is -1.35. The number of aryl methyl sites for hydroxylation is 1. The van der Waals surface area contributed by atoms with E-state index >= 15 is 0 Å². The molecule has 0 aromatic heterocycles. The van der Waals surface area contributed by atoms with Crippen molar-refractivity contribution in [3.63, 3.8) is 0 Å². The molecule has 0 spiro atoms. The SMILES string of the molecule is NC1(C(=O)NC2CCCc3ccccc32)CCCC1. The van der Waals surface area contributed by atoms with Crippen LogP contribution in [0.25, 0.3) is 0 Å². The molecule has 1 aromatic carbocycles. The van der Waals surface area contributed by atoms with Gasteiger partial charge in [0.1, 0.15) is 0 Å². The molecule has 3 nitrogen and oxygen atoms in total. The van der Waals surface area contributed by atoms with Gasteiger partial charge in [-0.1, -0.05) is 37.1 Å². The first kappa shape index (κ1) is 12.7. The molecule has 2 aliphatic carbocycles. The molecular formula is C16H22N2O. The third-order valence-corrected chi connectivity index (χ3v) is 4.62. The number of carbonyl (C=O) groups excluding carboxylic acids is 1. The monoisotopic (exact) mass is 258 g/mol. The van der Waals surface area contributed by atoms with E-state index in [-0.39, 0.29) is 11.9 Å². The van der Waals surface area contributed by atoms with Gasteiger partial charge in [0, 0.05) is 0 Å². The molecule has 19 heavy (non-hydrogen) atoms. The summed E-state index contributed by atoms with van der Waals surface area (Å²) < 4.78 is 0. The zero-order valence-corrected chi connectivity index (χ0v) is 11.3. The first-order valence-electron chi connectivity index (χ1n) is 7.37. The van der Waals surface area contributed by atoms with Crippen molar-refractivity contribution in [1.82, 2.24) is 5.32 Å². The van der Waals surface area contributed by atoms with Gasteiger partial charge in [-0.3, -0.25) is 4.79 Å². The summed E-state index contributed by atoms with van der Waals surface area (Å²) in [5.41, 5.74) is 8.26. The van der Waals surface area contributed by atoms with Gasteiger partial charge in [0.05, 0.1) is 11.6 Å². The van der Waals surface area contributed by atoms with Crippen molar-refractivity contribution < 1.29 is 4.79 Å². The standard InChI is InChI=1S/C16H22N2O/c17-16(10-3-4-11-16)15(19)18-14-9-5-7-12-6-1-2-8-13(12)14/h1-2,6,8,14H,3-5,7,9-11,17H2,(H,18,19). The summed E-state index contributed by atoms with van der Waals surface area (Å²) in [6, 6.07) is 8.58. The molecule has 1 aromatic rings. The number of amides is 1.